The zero-order chi connectivity index (χ0) is 15.0. The van der Waals surface area contributed by atoms with Crippen molar-refractivity contribution in [1.29, 1.82) is 0 Å². The summed E-state index contributed by atoms with van der Waals surface area (Å²) in [5.41, 5.74) is 1.24. The molecule has 7 heteroatoms. The van der Waals surface area contributed by atoms with Gasteiger partial charge in [-0.3, -0.25) is 4.57 Å². The number of ether oxygens (including phenoxy) is 1. The van der Waals surface area contributed by atoms with Crippen LogP contribution < -0.4 is 4.74 Å². The summed E-state index contributed by atoms with van der Waals surface area (Å²) in [5, 5.41) is -0.427. The number of hydrogen-bond donors (Lipinski definition) is 0. The van der Waals surface area contributed by atoms with E-state index in [1.807, 2.05) is 0 Å². The second-order valence-electron chi connectivity index (χ2n) is 4.43. The molecule has 5 nitrogen and oxygen atoms in total. The fourth-order valence-corrected chi connectivity index (χ4v) is 2.32. The van der Waals surface area contributed by atoms with Gasteiger partial charge < -0.3 is 4.74 Å². The van der Waals surface area contributed by atoms with Gasteiger partial charge in [0.1, 0.15) is 18.0 Å². The summed E-state index contributed by atoms with van der Waals surface area (Å²) in [6, 6.07) is 6.39. The quantitative estimate of drug-likeness (QED) is 0.697. The number of fused-ring (bicyclic) bond motifs is 1. The van der Waals surface area contributed by atoms with E-state index in [1.54, 1.807) is 29.7 Å². The Morgan fingerprint density at radius 2 is 2.05 bits per heavy atom. The number of benzene rings is 1. The van der Waals surface area contributed by atoms with Crippen LogP contribution in [0.15, 0.2) is 30.6 Å². The van der Waals surface area contributed by atoms with Crippen molar-refractivity contribution in [1.82, 2.24) is 19.5 Å². The lowest BCUT2D eigenvalue weighted by molar-refractivity contribution is 0.401. The van der Waals surface area contributed by atoms with Crippen molar-refractivity contribution in [3.05, 3.63) is 42.2 Å². The first-order valence-corrected chi connectivity index (χ1v) is 6.73. The predicted molar refractivity (Wildman–Crippen MR) is 77.4 cm³/mol. The van der Waals surface area contributed by atoms with E-state index >= 15 is 0 Å². The van der Waals surface area contributed by atoms with E-state index in [4.69, 9.17) is 16.3 Å². The minimum Gasteiger partial charge on any atom is -0.479 e. The van der Waals surface area contributed by atoms with Gasteiger partial charge in [-0.1, -0.05) is 12.1 Å². The van der Waals surface area contributed by atoms with Gasteiger partial charge in [-0.25, -0.2) is 14.4 Å². The number of rotatable bonds is 3. The monoisotopic (exact) mass is 306 g/mol. The third-order valence-electron chi connectivity index (χ3n) is 3.08. The molecule has 0 saturated carbocycles. The second-order valence-corrected chi connectivity index (χ2v) is 5.08. The molecule has 0 amide bonds. The minimum atomic E-state index is -0.427. The fourth-order valence-electron chi connectivity index (χ4n) is 2.18. The Bertz CT molecular complexity index is 803. The molecule has 21 heavy (non-hydrogen) atoms. The second kappa shape index (κ2) is 5.29. The predicted octanol–water partition coefficient (Wildman–Crippen LogP) is 3.26. The number of imidazole rings is 1. The molecule has 2 aromatic heterocycles. The number of para-hydroxylation sites is 1. The third-order valence-corrected chi connectivity index (χ3v) is 3.27. The number of nitrogens with zero attached hydrogens (tertiary/aromatic N) is 4. The number of hydrogen-bond acceptors (Lipinski definition) is 4. The van der Waals surface area contributed by atoms with Gasteiger partial charge in [0.15, 0.2) is 11.2 Å². The highest BCUT2D eigenvalue weighted by molar-refractivity contribution is 6.20. The zero-order valence-electron chi connectivity index (χ0n) is 11.4. The summed E-state index contributed by atoms with van der Waals surface area (Å²) in [6.07, 6.45) is 1.35. The van der Waals surface area contributed by atoms with Crippen LogP contribution in [-0.4, -0.2) is 26.6 Å². The van der Waals surface area contributed by atoms with Gasteiger partial charge in [0.05, 0.1) is 18.2 Å². The molecule has 0 aliphatic heterocycles. The maximum Gasteiger partial charge on any atom is 0.245 e. The first kappa shape index (κ1) is 13.8. The molecular formula is C14H12ClFN4O. The lowest BCUT2D eigenvalue weighted by atomic mass is 10.3. The van der Waals surface area contributed by atoms with Crippen LogP contribution >= 0.6 is 11.6 Å². The van der Waals surface area contributed by atoms with Crippen molar-refractivity contribution in [2.24, 2.45) is 0 Å². The number of halogens is 2. The van der Waals surface area contributed by atoms with Crippen molar-refractivity contribution in [3.8, 4) is 11.6 Å². The Kier molecular flexibility index (Phi) is 3.47. The van der Waals surface area contributed by atoms with Gasteiger partial charge in [-0.05, 0) is 19.1 Å². The molecule has 0 fully saturated rings. The molecule has 0 saturated heterocycles. The molecule has 3 aromatic rings. The molecule has 1 aromatic carbocycles. The van der Waals surface area contributed by atoms with E-state index in [2.05, 4.69) is 15.0 Å². The van der Waals surface area contributed by atoms with Crippen molar-refractivity contribution in [3.63, 3.8) is 0 Å². The molecule has 0 aliphatic carbocycles. The Morgan fingerprint density at radius 3 is 2.71 bits per heavy atom. The zero-order valence-corrected chi connectivity index (χ0v) is 12.2. The normalized spacial score (nSPS) is 12.6. The Labute approximate surface area is 125 Å². The van der Waals surface area contributed by atoms with Gasteiger partial charge in [-0.2, -0.15) is 4.98 Å². The molecule has 0 bridgehead atoms. The van der Waals surface area contributed by atoms with E-state index in [-0.39, 0.29) is 5.82 Å². The molecule has 1 unspecified atom stereocenters. The van der Waals surface area contributed by atoms with Gasteiger partial charge in [0.25, 0.3) is 0 Å². The Morgan fingerprint density at radius 1 is 1.29 bits per heavy atom. The largest absolute Gasteiger partial charge is 0.479 e. The molecule has 108 valence electrons. The molecule has 0 N–H and O–H groups in total. The molecule has 0 aliphatic rings. The van der Waals surface area contributed by atoms with Crippen LogP contribution in [0.3, 0.4) is 0 Å². The topological polar surface area (TPSA) is 52.8 Å². The SMILES string of the molecule is COc1ncnc2c1nc(C(C)Cl)n2-c1ccccc1F. The summed E-state index contributed by atoms with van der Waals surface area (Å²) in [4.78, 5) is 12.6. The van der Waals surface area contributed by atoms with E-state index in [1.165, 1.54) is 19.5 Å². The summed E-state index contributed by atoms with van der Waals surface area (Å²) in [7, 11) is 1.49. The van der Waals surface area contributed by atoms with Crippen molar-refractivity contribution in [2.45, 2.75) is 12.3 Å². The highest BCUT2D eigenvalue weighted by atomic mass is 35.5. The summed E-state index contributed by atoms with van der Waals surface area (Å²) in [5.74, 6) is 0.428. The number of methoxy groups -OCH3 is 1. The average molecular weight is 307 g/mol. The van der Waals surface area contributed by atoms with Crippen LogP contribution in [0.4, 0.5) is 4.39 Å². The van der Waals surface area contributed by atoms with E-state index in [0.29, 0.717) is 28.6 Å². The van der Waals surface area contributed by atoms with E-state index in [9.17, 15) is 4.39 Å². The maximum absolute atomic E-state index is 14.1. The van der Waals surface area contributed by atoms with Crippen LogP contribution in [-0.2, 0) is 0 Å². The molecule has 3 rings (SSSR count). The molecule has 0 radical (unpaired) electrons. The summed E-state index contributed by atoms with van der Waals surface area (Å²) in [6.45, 7) is 1.76. The first-order valence-electron chi connectivity index (χ1n) is 6.29. The van der Waals surface area contributed by atoms with Gasteiger partial charge in [-0.15, -0.1) is 11.6 Å². The lowest BCUT2D eigenvalue weighted by Crippen LogP contribution is -2.04. The van der Waals surface area contributed by atoms with Crippen molar-refractivity contribution >= 4 is 22.8 Å². The lowest BCUT2D eigenvalue weighted by Gasteiger charge is -2.10. The third kappa shape index (κ3) is 2.21. The smallest absolute Gasteiger partial charge is 0.245 e. The van der Waals surface area contributed by atoms with Crippen LogP contribution in [0.1, 0.15) is 18.1 Å². The Balaban J connectivity index is 2.40. The van der Waals surface area contributed by atoms with Crippen LogP contribution in [0, 0.1) is 5.82 Å². The minimum absolute atomic E-state index is 0.327. The van der Waals surface area contributed by atoms with Gasteiger partial charge >= 0.3 is 0 Å². The number of alkyl halides is 1. The van der Waals surface area contributed by atoms with Gasteiger partial charge in [0.2, 0.25) is 5.88 Å². The van der Waals surface area contributed by atoms with Crippen LogP contribution in [0.25, 0.3) is 16.9 Å². The maximum atomic E-state index is 14.1. The summed E-state index contributed by atoms with van der Waals surface area (Å²) >= 11 is 6.18. The average Bonchev–Trinajstić information content (AvgIpc) is 2.87. The van der Waals surface area contributed by atoms with Gasteiger partial charge in [0, 0.05) is 0 Å². The molecule has 2 heterocycles. The Hall–Kier alpha value is -2.21. The van der Waals surface area contributed by atoms with Crippen molar-refractivity contribution < 1.29 is 9.13 Å². The standard InChI is InChI=1S/C14H12ClFN4O/c1-8(15)12-19-11-13(17-7-18-14(11)21-2)20(12)10-6-4-3-5-9(10)16/h3-8H,1-2H3. The molecule has 0 spiro atoms. The molecular weight excluding hydrogens is 295 g/mol. The molecule has 1 atom stereocenters. The van der Waals surface area contributed by atoms with Crippen LogP contribution in [0.5, 0.6) is 5.88 Å². The first-order chi connectivity index (χ1) is 10.1. The van der Waals surface area contributed by atoms with Crippen LogP contribution in [0.2, 0.25) is 0 Å². The van der Waals surface area contributed by atoms with E-state index < -0.39 is 5.38 Å². The number of aromatic nitrogens is 4. The van der Waals surface area contributed by atoms with E-state index in [0.717, 1.165) is 0 Å². The van der Waals surface area contributed by atoms with Crippen molar-refractivity contribution in [2.75, 3.05) is 7.11 Å². The highest BCUT2D eigenvalue weighted by Gasteiger charge is 2.21. The highest BCUT2D eigenvalue weighted by Crippen LogP contribution is 2.30. The fraction of sp³-hybridized carbons (Fsp3) is 0.214. The summed E-state index contributed by atoms with van der Waals surface area (Å²) < 4.78 is 20.9.